The van der Waals surface area contributed by atoms with Crippen molar-refractivity contribution in [2.45, 2.75) is 25.3 Å². The van der Waals surface area contributed by atoms with E-state index in [1.165, 1.54) is 23.3 Å². The van der Waals surface area contributed by atoms with Crippen LogP contribution in [0.3, 0.4) is 0 Å². The number of nitrogens with one attached hydrogen (secondary N) is 2. The van der Waals surface area contributed by atoms with Crippen LogP contribution in [0.15, 0.2) is 48.5 Å². The number of fused-ring (bicyclic) bond motifs is 1. The smallest absolute Gasteiger partial charge is 0.315 e. The monoisotopic (exact) mass is 298 g/mol. The summed E-state index contributed by atoms with van der Waals surface area (Å²) in [5.74, 6) is -0.246. The Morgan fingerprint density at radius 3 is 2.91 bits per heavy atom. The lowest BCUT2D eigenvalue weighted by Gasteiger charge is -2.15. The Labute approximate surface area is 129 Å². The number of carbonyl (C=O) groups excluding carboxylic acids is 1. The first-order valence-corrected chi connectivity index (χ1v) is 7.59. The first-order valence-electron chi connectivity index (χ1n) is 7.59. The predicted octanol–water partition coefficient (Wildman–Crippen LogP) is 3.35. The SMILES string of the molecule is O=C(NCCc1cccc(F)c1)NC1CCc2ccccc21. The van der Waals surface area contributed by atoms with Crippen LogP contribution in [0.2, 0.25) is 0 Å². The summed E-state index contributed by atoms with van der Waals surface area (Å²) >= 11 is 0. The zero-order valence-electron chi connectivity index (χ0n) is 12.3. The highest BCUT2D eigenvalue weighted by Gasteiger charge is 2.22. The predicted molar refractivity (Wildman–Crippen MR) is 84.1 cm³/mol. The summed E-state index contributed by atoms with van der Waals surface area (Å²) in [5.41, 5.74) is 3.40. The number of hydrogen-bond acceptors (Lipinski definition) is 1. The molecule has 0 aromatic heterocycles. The standard InChI is InChI=1S/C18H19FN2O/c19-15-6-3-4-13(12-15)10-11-20-18(22)21-17-9-8-14-5-1-2-7-16(14)17/h1-7,12,17H,8-11H2,(H2,20,21,22). The summed E-state index contributed by atoms with van der Waals surface area (Å²) in [5, 5.41) is 5.84. The van der Waals surface area contributed by atoms with Gasteiger partial charge in [0.05, 0.1) is 6.04 Å². The first kappa shape index (κ1) is 14.6. The highest BCUT2D eigenvalue weighted by atomic mass is 19.1. The highest BCUT2D eigenvalue weighted by molar-refractivity contribution is 5.74. The third-order valence-corrected chi connectivity index (χ3v) is 4.03. The number of benzene rings is 2. The average Bonchev–Trinajstić information content (AvgIpc) is 2.91. The molecule has 0 bridgehead atoms. The fraction of sp³-hybridized carbons (Fsp3) is 0.278. The van der Waals surface area contributed by atoms with E-state index in [0.717, 1.165) is 18.4 Å². The summed E-state index contributed by atoms with van der Waals surface area (Å²) in [7, 11) is 0. The van der Waals surface area contributed by atoms with Crippen molar-refractivity contribution in [3.05, 3.63) is 71.0 Å². The van der Waals surface area contributed by atoms with Crippen LogP contribution in [-0.2, 0) is 12.8 Å². The lowest BCUT2D eigenvalue weighted by atomic mass is 10.1. The fourth-order valence-electron chi connectivity index (χ4n) is 2.93. The number of urea groups is 1. The quantitative estimate of drug-likeness (QED) is 0.893. The third-order valence-electron chi connectivity index (χ3n) is 4.03. The number of amides is 2. The maximum atomic E-state index is 13.1. The summed E-state index contributed by atoms with van der Waals surface area (Å²) in [6.45, 7) is 0.490. The number of aryl methyl sites for hydroxylation is 1. The van der Waals surface area contributed by atoms with Crippen molar-refractivity contribution in [1.82, 2.24) is 10.6 Å². The second kappa shape index (κ2) is 6.60. The van der Waals surface area contributed by atoms with Gasteiger partial charge in [0.1, 0.15) is 5.82 Å². The van der Waals surface area contributed by atoms with Gasteiger partial charge < -0.3 is 10.6 Å². The van der Waals surface area contributed by atoms with Crippen LogP contribution in [0.5, 0.6) is 0 Å². The topological polar surface area (TPSA) is 41.1 Å². The van der Waals surface area contributed by atoms with Crippen LogP contribution in [0, 0.1) is 5.82 Å². The van der Waals surface area contributed by atoms with Gasteiger partial charge in [-0.1, -0.05) is 36.4 Å². The normalized spacial score (nSPS) is 16.1. The van der Waals surface area contributed by atoms with Gasteiger partial charge in [-0.2, -0.15) is 0 Å². The van der Waals surface area contributed by atoms with E-state index >= 15 is 0 Å². The van der Waals surface area contributed by atoms with Crippen LogP contribution >= 0.6 is 0 Å². The molecular formula is C18H19FN2O. The van der Waals surface area contributed by atoms with Crippen molar-refractivity contribution in [3.8, 4) is 0 Å². The molecule has 3 nitrogen and oxygen atoms in total. The van der Waals surface area contributed by atoms with Crippen molar-refractivity contribution in [2.75, 3.05) is 6.54 Å². The molecule has 1 aliphatic rings. The molecule has 2 N–H and O–H groups in total. The van der Waals surface area contributed by atoms with Gasteiger partial charge in [0.25, 0.3) is 0 Å². The van der Waals surface area contributed by atoms with Crippen LogP contribution in [0.1, 0.15) is 29.2 Å². The zero-order chi connectivity index (χ0) is 15.4. The van der Waals surface area contributed by atoms with Crippen LogP contribution in [0.4, 0.5) is 9.18 Å². The van der Waals surface area contributed by atoms with Crippen molar-refractivity contribution in [2.24, 2.45) is 0 Å². The van der Waals surface area contributed by atoms with E-state index in [1.54, 1.807) is 6.07 Å². The first-order chi connectivity index (χ1) is 10.7. The van der Waals surface area contributed by atoms with Crippen molar-refractivity contribution in [3.63, 3.8) is 0 Å². The molecule has 1 unspecified atom stereocenters. The van der Waals surface area contributed by atoms with Gasteiger partial charge in [0.2, 0.25) is 0 Å². The maximum absolute atomic E-state index is 13.1. The minimum absolute atomic E-state index is 0.0883. The van der Waals surface area contributed by atoms with E-state index < -0.39 is 0 Å². The molecule has 1 aliphatic carbocycles. The molecule has 0 aliphatic heterocycles. The van der Waals surface area contributed by atoms with Gasteiger partial charge in [0, 0.05) is 6.54 Å². The average molecular weight is 298 g/mol. The van der Waals surface area contributed by atoms with E-state index in [-0.39, 0.29) is 17.9 Å². The molecule has 2 aromatic rings. The molecule has 1 atom stereocenters. The summed E-state index contributed by atoms with van der Waals surface area (Å²) < 4.78 is 13.1. The number of rotatable bonds is 4. The molecule has 3 rings (SSSR count). The van der Waals surface area contributed by atoms with Crippen LogP contribution in [-0.4, -0.2) is 12.6 Å². The Balaban J connectivity index is 1.47. The molecule has 0 spiro atoms. The molecular weight excluding hydrogens is 279 g/mol. The van der Waals surface area contributed by atoms with Crippen LogP contribution in [0.25, 0.3) is 0 Å². The maximum Gasteiger partial charge on any atom is 0.315 e. The van der Waals surface area contributed by atoms with Gasteiger partial charge in [-0.25, -0.2) is 9.18 Å². The molecule has 2 aromatic carbocycles. The summed E-state index contributed by atoms with van der Waals surface area (Å²) in [4.78, 5) is 12.0. The minimum Gasteiger partial charge on any atom is -0.338 e. The Morgan fingerprint density at radius 1 is 1.18 bits per heavy atom. The Bertz CT molecular complexity index is 672. The van der Waals surface area contributed by atoms with Crippen molar-refractivity contribution < 1.29 is 9.18 Å². The molecule has 0 radical (unpaired) electrons. The van der Waals surface area contributed by atoms with Gasteiger partial charge >= 0.3 is 6.03 Å². The lowest BCUT2D eigenvalue weighted by Crippen LogP contribution is -2.38. The van der Waals surface area contributed by atoms with Gasteiger partial charge in [-0.3, -0.25) is 0 Å². The van der Waals surface area contributed by atoms with E-state index in [1.807, 2.05) is 18.2 Å². The summed E-state index contributed by atoms with van der Waals surface area (Å²) in [6, 6.07) is 14.6. The van der Waals surface area contributed by atoms with Crippen LogP contribution < -0.4 is 10.6 Å². The third kappa shape index (κ3) is 3.45. The minimum atomic E-state index is -0.246. The largest absolute Gasteiger partial charge is 0.338 e. The Kier molecular flexibility index (Phi) is 4.37. The van der Waals surface area contributed by atoms with E-state index in [4.69, 9.17) is 0 Å². The highest BCUT2D eigenvalue weighted by Crippen LogP contribution is 2.30. The molecule has 2 amide bonds. The molecule has 4 heteroatoms. The zero-order valence-corrected chi connectivity index (χ0v) is 12.3. The summed E-state index contributed by atoms with van der Waals surface area (Å²) in [6.07, 6.45) is 2.56. The molecule has 0 saturated carbocycles. The second-order valence-corrected chi connectivity index (χ2v) is 5.57. The van der Waals surface area contributed by atoms with Crippen molar-refractivity contribution >= 4 is 6.03 Å². The molecule has 22 heavy (non-hydrogen) atoms. The van der Waals surface area contributed by atoms with Gasteiger partial charge in [-0.05, 0) is 48.1 Å². The van der Waals surface area contributed by atoms with Gasteiger partial charge in [0.15, 0.2) is 0 Å². The number of halogens is 1. The molecule has 0 heterocycles. The molecule has 114 valence electrons. The van der Waals surface area contributed by atoms with E-state index in [0.29, 0.717) is 13.0 Å². The Morgan fingerprint density at radius 2 is 2.05 bits per heavy atom. The number of carbonyl (C=O) groups is 1. The Hall–Kier alpha value is -2.36. The molecule has 0 fully saturated rings. The number of hydrogen-bond donors (Lipinski definition) is 2. The van der Waals surface area contributed by atoms with E-state index in [2.05, 4.69) is 22.8 Å². The fourth-order valence-corrected chi connectivity index (χ4v) is 2.93. The van der Waals surface area contributed by atoms with E-state index in [9.17, 15) is 9.18 Å². The lowest BCUT2D eigenvalue weighted by molar-refractivity contribution is 0.237. The second-order valence-electron chi connectivity index (χ2n) is 5.57. The molecule has 0 saturated heterocycles. The van der Waals surface area contributed by atoms with Gasteiger partial charge in [-0.15, -0.1) is 0 Å². The van der Waals surface area contributed by atoms with Crippen molar-refractivity contribution in [1.29, 1.82) is 0 Å².